The van der Waals surface area contributed by atoms with Gasteiger partial charge in [-0.1, -0.05) is 46.6 Å². The molecule has 0 saturated carbocycles. The molecule has 0 amide bonds. The molecule has 3 heteroatoms. The lowest BCUT2D eigenvalue weighted by Gasteiger charge is -2.20. The van der Waals surface area contributed by atoms with Crippen molar-refractivity contribution in [3.63, 3.8) is 0 Å². The molecule has 1 nitrogen and oxygen atoms in total. The molecule has 0 saturated heterocycles. The largest absolute Gasteiger partial charge is 0.298 e. The van der Waals surface area contributed by atoms with Crippen LogP contribution < -0.4 is 0 Å². The van der Waals surface area contributed by atoms with Crippen molar-refractivity contribution in [3.8, 4) is 0 Å². The summed E-state index contributed by atoms with van der Waals surface area (Å²) >= 11 is 9.33. The highest BCUT2D eigenvalue weighted by molar-refractivity contribution is 9.09. The number of nitrogens with zero attached hydrogens (tertiary/aromatic N) is 1. The molecule has 0 heterocycles. The summed E-state index contributed by atoms with van der Waals surface area (Å²) in [5.41, 5.74) is 1.33. The lowest BCUT2D eigenvalue weighted by Crippen LogP contribution is -2.26. The maximum Gasteiger partial charge on any atom is 0.0406 e. The van der Waals surface area contributed by atoms with E-state index in [1.165, 1.54) is 12.0 Å². The van der Waals surface area contributed by atoms with Gasteiger partial charge in [-0.2, -0.15) is 0 Å². The molecule has 15 heavy (non-hydrogen) atoms. The van der Waals surface area contributed by atoms with Gasteiger partial charge in [0.05, 0.1) is 0 Å². The Bertz CT molecular complexity index is 267. The quantitative estimate of drug-likeness (QED) is 0.717. The Morgan fingerprint density at radius 3 is 2.40 bits per heavy atom. The van der Waals surface area contributed by atoms with Gasteiger partial charge < -0.3 is 0 Å². The minimum atomic E-state index is 0.807. The molecular weight excluding hydrogens is 273 g/mol. The van der Waals surface area contributed by atoms with Crippen molar-refractivity contribution in [3.05, 3.63) is 34.9 Å². The van der Waals surface area contributed by atoms with Crippen LogP contribution in [0.5, 0.6) is 0 Å². The predicted octanol–water partition coefficient (Wildman–Crippen LogP) is 3.95. The summed E-state index contributed by atoms with van der Waals surface area (Å²) in [6.45, 7) is 5.46. The molecule has 1 aromatic carbocycles. The van der Waals surface area contributed by atoms with Crippen LogP contribution in [0.4, 0.5) is 0 Å². The first-order valence-electron chi connectivity index (χ1n) is 5.29. The highest BCUT2D eigenvalue weighted by atomic mass is 79.9. The fraction of sp³-hybridized carbons (Fsp3) is 0.500. The Morgan fingerprint density at radius 1 is 1.20 bits per heavy atom. The predicted molar refractivity (Wildman–Crippen MR) is 70.8 cm³/mol. The SMILES string of the molecule is CCCN(CCBr)Cc1ccc(Cl)cc1. The van der Waals surface area contributed by atoms with Gasteiger partial charge in [-0.3, -0.25) is 4.90 Å². The van der Waals surface area contributed by atoms with E-state index in [2.05, 4.69) is 39.9 Å². The third-order valence-electron chi connectivity index (χ3n) is 2.26. The molecule has 0 unspecified atom stereocenters. The summed E-state index contributed by atoms with van der Waals surface area (Å²) in [5.74, 6) is 0. The lowest BCUT2D eigenvalue weighted by atomic mass is 10.2. The van der Waals surface area contributed by atoms with E-state index >= 15 is 0 Å². The summed E-state index contributed by atoms with van der Waals surface area (Å²) in [4.78, 5) is 2.44. The first kappa shape index (κ1) is 13.0. The zero-order chi connectivity index (χ0) is 11.1. The lowest BCUT2D eigenvalue weighted by molar-refractivity contribution is 0.284. The second-order valence-electron chi connectivity index (χ2n) is 3.59. The van der Waals surface area contributed by atoms with Crippen LogP contribution >= 0.6 is 27.5 Å². The van der Waals surface area contributed by atoms with E-state index in [4.69, 9.17) is 11.6 Å². The second-order valence-corrected chi connectivity index (χ2v) is 4.82. The van der Waals surface area contributed by atoms with Crippen molar-refractivity contribution in [1.29, 1.82) is 0 Å². The van der Waals surface area contributed by atoms with Gasteiger partial charge in [-0.25, -0.2) is 0 Å². The Balaban J connectivity index is 2.53. The van der Waals surface area contributed by atoms with Crippen molar-refractivity contribution in [2.24, 2.45) is 0 Å². The minimum absolute atomic E-state index is 0.807. The summed E-state index contributed by atoms with van der Waals surface area (Å²) in [6, 6.07) is 8.10. The topological polar surface area (TPSA) is 3.24 Å². The molecule has 0 aliphatic carbocycles. The number of alkyl halides is 1. The maximum absolute atomic E-state index is 5.85. The summed E-state index contributed by atoms with van der Waals surface area (Å²) in [6.07, 6.45) is 1.20. The number of halogens is 2. The Labute approximate surface area is 106 Å². The molecule has 0 atom stereocenters. The number of rotatable bonds is 6. The van der Waals surface area contributed by atoms with Gasteiger partial charge in [0.25, 0.3) is 0 Å². The normalized spacial score (nSPS) is 10.9. The average Bonchev–Trinajstić information content (AvgIpc) is 2.22. The van der Waals surface area contributed by atoms with E-state index in [9.17, 15) is 0 Å². The van der Waals surface area contributed by atoms with E-state index in [-0.39, 0.29) is 0 Å². The van der Waals surface area contributed by atoms with E-state index in [1.807, 2.05) is 12.1 Å². The average molecular weight is 291 g/mol. The molecule has 0 aromatic heterocycles. The molecule has 0 spiro atoms. The van der Waals surface area contributed by atoms with Gasteiger partial charge in [-0.05, 0) is 30.7 Å². The van der Waals surface area contributed by atoms with E-state index in [0.717, 1.165) is 30.0 Å². The summed E-state index contributed by atoms with van der Waals surface area (Å²) in [7, 11) is 0. The number of hydrogen-bond acceptors (Lipinski definition) is 1. The Kier molecular flexibility index (Phi) is 6.30. The molecule has 1 aromatic rings. The number of hydrogen-bond donors (Lipinski definition) is 0. The van der Waals surface area contributed by atoms with E-state index < -0.39 is 0 Å². The van der Waals surface area contributed by atoms with Gasteiger partial charge in [0.2, 0.25) is 0 Å². The minimum Gasteiger partial charge on any atom is -0.298 e. The highest BCUT2D eigenvalue weighted by Gasteiger charge is 2.03. The van der Waals surface area contributed by atoms with Gasteiger partial charge in [0, 0.05) is 23.4 Å². The van der Waals surface area contributed by atoms with Gasteiger partial charge in [0.1, 0.15) is 0 Å². The standard InChI is InChI=1S/C12H17BrClN/c1-2-8-15(9-7-13)10-11-3-5-12(14)6-4-11/h3-6H,2,7-10H2,1H3. The van der Waals surface area contributed by atoms with Crippen LogP contribution in [0.3, 0.4) is 0 Å². The molecule has 0 bridgehead atoms. The molecule has 84 valence electrons. The summed E-state index contributed by atoms with van der Waals surface area (Å²) in [5, 5.41) is 1.84. The smallest absolute Gasteiger partial charge is 0.0406 e. The second kappa shape index (κ2) is 7.26. The molecular formula is C12H17BrClN. The molecule has 0 N–H and O–H groups in total. The van der Waals surface area contributed by atoms with Crippen molar-refractivity contribution >= 4 is 27.5 Å². The van der Waals surface area contributed by atoms with Gasteiger partial charge in [0.15, 0.2) is 0 Å². The fourth-order valence-electron chi connectivity index (χ4n) is 1.55. The number of benzene rings is 1. The Morgan fingerprint density at radius 2 is 1.87 bits per heavy atom. The molecule has 0 aliphatic heterocycles. The van der Waals surface area contributed by atoms with Crippen LogP contribution in [0.25, 0.3) is 0 Å². The molecule has 1 rings (SSSR count). The van der Waals surface area contributed by atoms with Crippen molar-refractivity contribution in [1.82, 2.24) is 4.90 Å². The van der Waals surface area contributed by atoms with Gasteiger partial charge >= 0.3 is 0 Å². The first-order valence-corrected chi connectivity index (χ1v) is 6.79. The zero-order valence-electron chi connectivity index (χ0n) is 9.05. The van der Waals surface area contributed by atoms with Crippen LogP contribution in [0.1, 0.15) is 18.9 Å². The van der Waals surface area contributed by atoms with Crippen LogP contribution in [0.2, 0.25) is 5.02 Å². The fourth-order valence-corrected chi connectivity index (χ4v) is 2.18. The highest BCUT2D eigenvalue weighted by Crippen LogP contribution is 2.11. The van der Waals surface area contributed by atoms with Crippen molar-refractivity contribution < 1.29 is 0 Å². The van der Waals surface area contributed by atoms with E-state index in [1.54, 1.807) is 0 Å². The third-order valence-corrected chi connectivity index (χ3v) is 2.87. The monoisotopic (exact) mass is 289 g/mol. The summed E-state index contributed by atoms with van der Waals surface area (Å²) < 4.78 is 0. The van der Waals surface area contributed by atoms with Crippen LogP contribution in [-0.2, 0) is 6.54 Å². The third kappa shape index (κ3) is 5.01. The Hall–Kier alpha value is -0.0500. The van der Waals surface area contributed by atoms with Gasteiger partial charge in [-0.15, -0.1) is 0 Å². The first-order chi connectivity index (χ1) is 7.26. The van der Waals surface area contributed by atoms with Crippen LogP contribution in [0, 0.1) is 0 Å². The zero-order valence-corrected chi connectivity index (χ0v) is 11.4. The van der Waals surface area contributed by atoms with Crippen LogP contribution in [0.15, 0.2) is 24.3 Å². The molecule has 0 radical (unpaired) electrons. The molecule has 0 fully saturated rings. The maximum atomic E-state index is 5.85. The van der Waals surface area contributed by atoms with Crippen molar-refractivity contribution in [2.45, 2.75) is 19.9 Å². The van der Waals surface area contributed by atoms with E-state index in [0.29, 0.717) is 0 Å². The molecule has 0 aliphatic rings. The van der Waals surface area contributed by atoms with Crippen molar-refractivity contribution in [2.75, 3.05) is 18.4 Å². The van der Waals surface area contributed by atoms with Crippen LogP contribution in [-0.4, -0.2) is 23.3 Å².